The summed E-state index contributed by atoms with van der Waals surface area (Å²) in [4.78, 5) is 0. The fourth-order valence-corrected chi connectivity index (χ4v) is 7.82. The highest BCUT2D eigenvalue weighted by Crippen LogP contribution is 2.40. The number of nitrogens with zero attached hydrogens (tertiary/aromatic N) is 1. The first-order valence-electron chi connectivity index (χ1n) is 16.3. The van der Waals surface area contributed by atoms with Gasteiger partial charge in [-0.15, -0.1) is 0 Å². The summed E-state index contributed by atoms with van der Waals surface area (Å²) >= 11 is 0. The molecule has 0 saturated carbocycles. The van der Waals surface area contributed by atoms with E-state index >= 15 is 0 Å². The summed E-state index contributed by atoms with van der Waals surface area (Å²) in [6.07, 6.45) is 0. The minimum absolute atomic E-state index is 1.17. The van der Waals surface area contributed by atoms with E-state index in [0.717, 1.165) is 0 Å². The lowest BCUT2D eigenvalue weighted by Gasteiger charge is -2.14. The lowest BCUT2D eigenvalue weighted by molar-refractivity contribution is 1.18. The topological polar surface area (TPSA) is 4.93 Å². The summed E-state index contributed by atoms with van der Waals surface area (Å²) < 4.78 is 2.39. The van der Waals surface area contributed by atoms with Gasteiger partial charge in [-0.25, -0.2) is 0 Å². The zero-order chi connectivity index (χ0) is 30.9. The SMILES string of the molecule is c1cc(-c2cccc(-n3c4ccccc4c4ccccc43)c2)cc(-c2cccc3cc4c5ccccc5c5ccccc5c4cc23)c1. The number of benzene rings is 9. The van der Waals surface area contributed by atoms with Crippen molar-refractivity contribution < 1.29 is 0 Å². The summed E-state index contributed by atoms with van der Waals surface area (Å²) in [7, 11) is 0. The number of fused-ring (bicyclic) bond motifs is 10. The molecule has 1 aromatic heterocycles. The third kappa shape index (κ3) is 3.97. The van der Waals surface area contributed by atoms with Crippen LogP contribution in [0.15, 0.2) is 176 Å². The number of hydrogen-bond donors (Lipinski definition) is 0. The average Bonchev–Trinajstić information content (AvgIpc) is 3.49. The van der Waals surface area contributed by atoms with E-state index in [4.69, 9.17) is 0 Å². The standard InChI is InChI=1S/C46H29N/c1-3-19-38-36(17-1)37-18-2-4-20-39(37)44-29-42-33(28-43(38)44)15-11-23-35(42)32-14-9-12-30(26-32)31-13-10-16-34(27-31)47-45-24-7-5-21-40(45)41-22-6-8-25-46(41)47/h1-29H. The van der Waals surface area contributed by atoms with Crippen LogP contribution in [0.4, 0.5) is 0 Å². The lowest BCUT2D eigenvalue weighted by atomic mass is 9.89. The van der Waals surface area contributed by atoms with Crippen molar-refractivity contribution >= 4 is 64.9 Å². The fraction of sp³-hybridized carbons (Fsp3) is 0. The zero-order valence-corrected chi connectivity index (χ0v) is 25.7. The highest BCUT2D eigenvalue weighted by atomic mass is 15.0. The minimum Gasteiger partial charge on any atom is -0.309 e. The second kappa shape index (κ2) is 10.2. The molecule has 1 nitrogen and oxygen atoms in total. The number of aromatic nitrogens is 1. The summed E-state index contributed by atoms with van der Waals surface area (Å²) in [5.74, 6) is 0. The van der Waals surface area contributed by atoms with Crippen molar-refractivity contribution in [3.8, 4) is 27.9 Å². The quantitative estimate of drug-likeness (QED) is 0.141. The molecule has 0 bridgehead atoms. The Morgan fingerprint density at radius 2 is 0.766 bits per heavy atom. The monoisotopic (exact) mass is 595 g/mol. The van der Waals surface area contributed by atoms with E-state index in [-0.39, 0.29) is 0 Å². The van der Waals surface area contributed by atoms with Crippen LogP contribution in [0.2, 0.25) is 0 Å². The first-order chi connectivity index (χ1) is 23.3. The van der Waals surface area contributed by atoms with Crippen LogP contribution >= 0.6 is 0 Å². The first kappa shape index (κ1) is 26.1. The van der Waals surface area contributed by atoms with Gasteiger partial charge in [0.25, 0.3) is 0 Å². The Morgan fingerprint density at radius 1 is 0.277 bits per heavy atom. The highest BCUT2D eigenvalue weighted by molar-refractivity contribution is 6.27. The second-order valence-corrected chi connectivity index (χ2v) is 12.5. The molecule has 10 rings (SSSR count). The molecule has 0 spiro atoms. The van der Waals surface area contributed by atoms with Gasteiger partial charge in [0.05, 0.1) is 11.0 Å². The van der Waals surface area contributed by atoms with Crippen molar-refractivity contribution in [1.82, 2.24) is 4.57 Å². The van der Waals surface area contributed by atoms with Gasteiger partial charge >= 0.3 is 0 Å². The van der Waals surface area contributed by atoms with E-state index in [1.54, 1.807) is 0 Å². The molecule has 0 aliphatic heterocycles. The Morgan fingerprint density at radius 3 is 1.43 bits per heavy atom. The lowest BCUT2D eigenvalue weighted by Crippen LogP contribution is -1.94. The minimum atomic E-state index is 1.17. The fourth-order valence-electron chi connectivity index (χ4n) is 7.82. The van der Waals surface area contributed by atoms with Crippen LogP contribution in [-0.4, -0.2) is 4.57 Å². The summed E-state index contributed by atoms with van der Waals surface area (Å²) in [5.41, 5.74) is 8.50. The van der Waals surface area contributed by atoms with Gasteiger partial charge in [0, 0.05) is 16.5 Å². The Labute approximate surface area is 272 Å². The Kier molecular flexibility index (Phi) is 5.64. The van der Waals surface area contributed by atoms with Gasteiger partial charge in [-0.2, -0.15) is 0 Å². The molecule has 9 aromatic carbocycles. The molecule has 47 heavy (non-hydrogen) atoms. The van der Waals surface area contributed by atoms with Crippen molar-refractivity contribution in [1.29, 1.82) is 0 Å². The molecular formula is C46H29N. The largest absolute Gasteiger partial charge is 0.309 e. The molecule has 0 N–H and O–H groups in total. The predicted molar refractivity (Wildman–Crippen MR) is 202 cm³/mol. The van der Waals surface area contributed by atoms with Gasteiger partial charge in [-0.3, -0.25) is 0 Å². The van der Waals surface area contributed by atoms with Crippen LogP contribution in [0.3, 0.4) is 0 Å². The average molecular weight is 596 g/mol. The molecule has 0 unspecified atom stereocenters. The second-order valence-electron chi connectivity index (χ2n) is 12.5. The van der Waals surface area contributed by atoms with Crippen molar-refractivity contribution in [3.63, 3.8) is 0 Å². The van der Waals surface area contributed by atoms with Gasteiger partial charge in [0.2, 0.25) is 0 Å². The first-order valence-corrected chi connectivity index (χ1v) is 16.3. The molecule has 0 fully saturated rings. The van der Waals surface area contributed by atoms with Crippen molar-refractivity contribution in [2.75, 3.05) is 0 Å². The highest BCUT2D eigenvalue weighted by Gasteiger charge is 2.14. The van der Waals surface area contributed by atoms with Crippen molar-refractivity contribution in [2.45, 2.75) is 0 Å². The van der Waals surface area contributed by atoms with Gasteiger partial charge in [-0.1, -0.05) is 133 Å². The van der Waals surface area contributed by atoms with E-state index in [1.807, 2.05) is 0 Å². The molecule has 0 saturated heterocycles. The molecule has 1 heteroatoms. The summed E-state index contributed by atoms with van der Waals surface area (Å²) in [5, 5.41) is 12.9. The molecule has 218 valence electrons. The van der Waals surface area contributed by atoms with E-state index in [0.29, 0.717) is 0 Å². The van der Waals surface area contributed by atoms with Crippen LogP contribution < -0.4 is 0 Å². The van der Waals surface area contributed by atoms with Crippen molar-refractivity contribution in [3.05, 3.63) is 176 Å². The Balaban J connectivity index is 1.15. The summed E-state index contributed by atoms with van der Waals surface area (Å²) in [6.45, 7) is 0. The Bertz CT molecular complexity index is 2800. The normalized spacial score (nSPS) is 11.8. The van der Waals surface area contributed by atoms with Crippen LogP contribution in [0.5, 0.6) is 0 Å². The van der Waals surface area contributed by atoms with E-state index in [2.05, 4.69) is 180 Å². The van der Waals surface area contributed by atoms with Crippen LogP contribution in [0, 0.1) is 0 Å². The maximum atomic E-state index is 2.42. The third-order valence-electron chi connectivity index (χ3n) is 9.93. The third-order valence-corrected chi connectivity index (χ3v) is 9.93. The number of para-hydroxylation sites is 2. The number of rotatable bonds is 3. The molecular weight excluding hydrogens is 567 g/mol. The molecule has 0 amide bonds. The molecule has 0 atom stereocenters. The van der Waals surface area contributed by atoms with E-state index in [1.165, 1.54) is 92.8 Å². The van der Waals surface area contributed by atoms with Gasteiger partial charge < -0.3 is 4.57 Å². The predicted octanol–water partition coefficient (Wildman–Crippen LogP) is 12.7. The van der Waals surface area contributed by atoms with Crippen LogP contribution in [0.1, 0.15) is 0 Å². The molecule has 1 heterocycles. The maximum absolute atomic E-state index is 2.42. The van der Waals surface area contributed by atoms with Gasteiger partial charge in [0.15, 0.2) is 0 Å². The molecule has 0 radical (unpaired) electrons. The van der Waals surface area contributed by atoms with Gasteiger partial charge in [0.1, 0.15) is 0 Å². The molecule has 10 aromatic rings. The molecule has 0 aliphatic carbocycles. The smallest absolute Gasteiger partial charge is 0.0541 e. The molecule has 0 aliphatic rings. The van der Waals surface area contributed by atoms with Gasteiger partial charge in [-0.05, 0) is 108 Å². The summed E-state index contributed by atoms with van der Waals surface area (Å²) in [6, 6.07) is 64.5. The zero-order valence-electron chi connectivity index (χ0n) is 25.7. The van der Waals surface area contributed by atoms with Crippen LogP contribution in [0.25, 0.3) is 92.8 Å². The van der Waals surface area contributed by atoms with Crippen LogP contribution in [-0.2, 0) is 0 Å². The van der Waals surface area contributed by atoms with E-state index in [9.17, 15) is 0 Å². The maximum Gasteiger partial charge on any atom is 0.0541 e. The number of hydrogen-bond acceptors (Lipinski definition) is 0. The Hall–Kier alpha value is -6.18. The van der Waals surface area contributed by atoms with Crippen molar-refractivity contribution in [2.24, 2.45) is 0 Å². The van der Waals surface area contributed by atoms with E-state index < -0.39 is 0 Å².